The molecular formula is C25H20Cl2N6O. The van der Waals surface area contributed by atoms with Crippen molar-refractivity contribution in [2.24, 2.45) is 7.05 Å². The summed E-state index contributed by atoms with van der Waals surface area (Å²) in [7, 11) is 1.82. The van der Waals surface area contributed by atoms with E-state index >= 15 is 0 Å². The van der Waals surface area contributed by atoms with Crippen LogP contribution in [-0.2, 0) is 7.05 Å². The summed E-state index contributed by atoms with van der Waals surface area (Å²) in [4.78, 5) is 25.5. The first kappa shape index (κ1) is 22.0. The number of nitrogens with two attached hydrogens (primary N) is 1. The van der Waals surface area contributed by atoms with E-state index in [0.717, 1.165) is 11.1 Å². The summed E-state index contributed by atoms with van der Waals surface area (Å²) < 4.78 is 1.79. The summed E-state index contributed by atoms with van der Waals surface area (Å²) in [6.45, 7) is 1.88. The van der Waals surface area contributed by atoms with E-state index in [1.807, 2.05) is 50.4 Å². The van der Waals surface area contributed by atoms with Crippen molar-refractivity contribution in [3.63, 3.8) is 0 Å². The van der Waals surface area contributed by atoms with Crippen LogP contribution in [0.4, 0.5) is 17.3 Å². The summed E-state index contributed by atoms with van der Waals surface area (Å²) in [5.74, 6) is 0.972. The minimum atomic E-state index is -0.260. The smallest absolute Gasteiger partial charge is 0.261 e. The molecule has 0 spiro atoms. The summed E-state index contributed by atoms with van der Waals surface area (Å²) in [6, 6.07) is 16.4. The van der Waals surface area contributed by atoms with Crippen molar-refractivity contribution in [1.82, 2.24) is 19.5 Å². The number of anilines is 3. The van der Waals surface area contributed by atoms with Crippen LogP contribution in [0, 0.1) is 0 Å². The molecule has 7 nitrogen and oxygen atoms in total. The van der Waals surface area contributed by atoms with Gasteiger partial charge in [0.05, 0.1) is 37.7 Å². The highest BCUT2D eigenvalue weighted by Gasteiger charge is 2.17. The van der Waals surface area contributed by atoms with Crippen molar-refractivity contribution >= 4 is 74.1 Å². The number of nitrogen functional groups attached to an aromatic ring is 1. The Kier molecular flexibility index (Phi) is 5.51. The number of fused-ring (bicyclic) bond motifs is 3. The maximum atomic E-state index is 13.2. The minimum Gasteiger partial charge on any atom is -0.398 e. The number of para-hydroxylation sites is 2. The molecule has 3 aromatic carbocycles. The van der Waals surface area contributed by atoms with Gasteiger partial charge in [-0.2, -0.15) is 0 Å². The number of aromatic amines is 1. The number of hydrogen-bond acceptors (Lipinski definition) is 5. The molecule has 0 fully saturated rings. The number of H-pyrrole nitrogens is 1. The van der Waals surface area contributed by atoms with E-state index < -0.39 is 0 Å². The Labute approximate surface area is 204 Å². The zero-order valence-corrected chi connectivity index (χ0v) is 19.9. The number of halogens is 2. The lowest BCUT2D eigenvalue weighted by Crippen LogP contribution is -2.12. The van der Waals surface area contributed by atoms with Crippen LogP contribution in [0.5, 0.6) is 0 Å². The van der Waals surface area contributed by atoms with Gasteiger partial charge in [0.15, 0.2) is 0 Å². The van der Waals surface area contributed by atoms with Crippen LogP contribution in [0.2, 0.25) is 10.0 Å². The lowest BCUT2D eigenvalue weighted by Gasteiger charge is -2.10. The second-order valence-corrected chi connectivity index (χ2v) is 8.73. The highest BCUT2D eigenvalue weighted by molar-refractivity contribution is 6.39. The molecule has 0 amide bonds. The number of aromatic nitrogens is 4. The SMILES string of the molecule is C/C(=C\c1ccccc1N)c1nc2ccc3nc(Nc4c(Cl)cccc4Cl)n(C)c3c2c(=O)[nH]1. The summed E-state index contributed by atoms with van der Waals surface area (Å²) >= 11 is 12.6. The molecule has 2 aromatic heterocycles. The number of benzene rings is 3. The maximum Gasteiger partial charge on any atom is 0.261 e. The Morgan fingerprint density at radius 3 is 2.47 bits per heavy atom. The fourth-order valence-corrected chi connectivity index (χ4v) is 4.39. The summed E-state index contributed by atoms with van der Waals surface area (Å²) in [5, 5.41) is 4.56. The molecule has 34 heavy (non-hydrogen) atoms. The lowest BCUT2D eigenvalue weighted by molar-refractivity contribution is 0.960. The predicted molar refractivity (Wildman–Crippen MR) is 141 cm³/mol. The molecule has 0 saturated heterocycles. The standard InChI is InChI=1S/C25H20Cl2N6O/c1-13(12-14-6-3-4-9-17(14)28)23-29-18-10-11-19-22(20(18)24(34)32-23)33(2)25(30-19)31-21-15(26)7-5-8-16(21)27/h3-12H,28H2,1-2H3,(H,30,31)(H,29,32,34)/b13-12+. The van der Waals surface area contributed by atoms with Crippen molar-refractivity contribution in [2.75, 3.05) is 11.1 Å². The summed E-state index contributed by atoms with van der Waals surface area (Å²) in [6.07, 6.45) is 1.90. The second-order valence-electron chi connectivity index (χ2n) is 7.91. The molecule has 0 aliphatic heterocycles. The van der Waals surface area contributed by atoms with Crippen LogP contribution in [-0.4, -0.2) is 19.5 Å². The highest BCUT2D eigenvalue weighted by Crippen LogP contribution is 2.34. The van der Waals surface area contributed by atoms with E-state index in [0.29, 0.717) is 55.1 Å². The van der Waals surface area contributed by atoms with Gasteiger partial charge in [0.2, 0.25) is 5.95 Å². The average Bonchev–Trinajstić information content (AvgIpc) is 3.13. The van der Waals surface area contributed by atoms with Gasteiger partial charge < -0.3 is 20.6 Å². The number of nitrogens with zero attached hydrogens (tertiary/aromatic N) is 3. The van der Waals surface area contributed by atoms with E-state index in [1.54, 1.807) is 28.8 Å². The van der Waals surface area contributed by atoms with Gasteiger partial charge in [0, 0.05) is 12.7 Å². The van der Waals surface area contributed by atoms with Crippen molar-refractivity contribution in [3.05, 3.63) is 86.4 Å². The fraction of sp³-hybridized carbons (Fsp3) is 0.0800. The Morgan fingerprint density at radius 1 is 1.03 bits per heavy atom. The summed E-state index contributed by atoms with van der Waals surface area (Å²) in [5.41, 5.74) is 10.5. The van der Waals surface area contributed by atoms with Gasteiger partial charge in [0.1, 0.15) is 5.82 Å². The Morgan fingerprint density at radius 2 is 1.74 bits per heavy atom. The maximum absolute atomic E-state index is 13.2. The fourth-order valence-electron chi connectivity index (χ4n) is 3.90. The van der Waals surface area contributed by atoms with Crippen LogP contribution >= 0.6 is 23.2 Å². The van der Waals surface area contributed by atoms with E-state index in [1.165, 1.54) is 0 Å². The van der Waals surface area contributed by atoms with Crippen LogP contribution < -0.4 is 16.6 Å². The number of rotatable bonds is 4. The number of aryl methyl sites for hydroxylation is 1. The first-order chi connectivity index (χ1) is 16.3. The van der Waals surface area contributed by atoms with E-state index in [2.05, 4.69) is 15.3 Å². The van der Waals surface area contributed by atoms with Gasteiger partial charge in [0.25, 0.3) is 5.56 Å². The molecular weight excluding hydrogens is 471 g/mol. The molecule has 170 valence electrons. The third-order valence-corrected chi connectivity index (χ3v) is 6.28. The zero-order valence-electron chi connectivity index (χ0n) is 18.4. The highest BCUT2D eigenvalue weighted by atomic mass is 35.5. The molecule has 0 aliphatic rings. The number of allylic oxidation sites excluding steroid dienone is 1. The molecule has 5 rings (SSSR count). The number of nitrogens with one attached hydrogen (secondary N) is 2. The quantitative estimate of drug-likeness (QED) is 0.268. The Bertz CT molecular complexity index is 1650. The molecule has 0 unspecified atom stereocenters. The third-order valence-electron chi connectivity index (χ3n) is 5.65. The molecule has 9 heteroatoms. The molecule has 0 radical (unpaired) electrons. The number of hydrogen-bond donors (Lipinski definition) is 3. The molecule has 4 N–H and O–H groups in total. The second kappa shape index (κ2) is 8.52. The van der Waals surface area contributed by atoms with E-state index in [4.69, 9.17) is 33.9 Å². The minimum absolute atomic E-state index is 0.260. The van der Waals surface area contributed by atoms with Crippen LogP contribution in [0.3, 0.4) is 0 Å². The van der Waals surface area contributed by atoms with Gasteiger partial charge >= 0.3 is 0 Å². The monoisotopic (exact) mass is 490 g/mol. The Balaban J connectivity index is 1.63. The predicted octanol–water partition coefficient (Wildman–Crippen LogP) is 6.00. The normalized spacial score (nSPS) is 11.9. The first-order valence-corrected chi connectivity index (χ1v) is 11.2. The van der Waals surface area contributed by atoms with Gasteiger partial charge in [-0.15, -0.1) is 0 Å². The van der Waals surface area contributed by atoms with Crippen LogP contribution in [0.15, 0.2) is 59.4 Å². The molecule has 0 bridgehead atoms. The first-order valence-electron chi connectivity index (χ1n) is 10.5. The van der Waals surface area contributed by atoms with Crippen LogP contribution in [0.1, 0.15) is 18.3 Å². The van der Waals surface area contributed by atoms with E-state index in [-0.39, 0.29) is 5.56 Å². The van der Waals surface area contributed by atoms with E-state index in [9.17, 15) is 4.79 Å². The van der Waals surface area contributed by atoms with Crippen molar-refractivity contribution < 1.29 is 0 Å². The van der Waals surface area contributed by atoms with Gasteiger partial charge in [-0.25, -0.2) is 9.97 Å². The third kappa shape index (κ3) is 3.79. The van der Waals surface area contributed by atoms with Gasteiger partial charge in [-0.3, -0.25) is 4.79 Å². The van der Waals surface area contributed by atoms with Gasteiger partial charge in [-0.05, 0) is 54.5 Å². The molecule has 2 heterocycles. The molecule has 5 aromatic rings. The van der Waals surface area contributed by atoms with Crippen molar-refractivity contribution in [3.8, 4) is 0 Å². The van der Waals surface area contributed by atoms with Crippen LogP contribution in [0.25, 0.3) is 33.6 Å². The average molecular weight is 491 g/mol. The zero-order chi connectivity index (χ0) is 24.0. The molecule has 0 atom stereocenters. The topological polar surface area (TPSA) is 102 Å². The van der Waals surface area contributed by atoms with Crippen molar-refractivity contribution in [2.45, 2.75) is 6.92 Å². The lowest BCUT2D eigenvalue weighted by atomic mass is 10.1. The number of imidazole rings is 1. The Hall–Kier alpha value is -3.81. The largest absolute Gasteiger partial charge is 0.398 e. The van der Waals surface area contributed by atoms with Crippen molar-refractivity contribution in [1.29, 1.82) is 0 Å². The molecule has 0 aliphatic carbocycles. The van der Waals surface area contributed by atoms with Gasteiger partial charge in [-0.1, -0.05) is 47.5 Å². The molecule has 0 saturated carbocycles.